The number of H-pyrrole nitrogens is 1. The van der Waals surface area contributed by atoms with Crippen molar-refractivity contribution in [1.29, 1.82) is 0 Å². The van der Waals surface area contributed by atoms with Crippen molar-refractivity contribution in [3.63, 3.8) is 0 Å². The summed E-state index contributed by atoms with van der Waals surface area (Å²) < 4.78 is 5.31. The number of thioether (sulfide) groups is 1. The summed E-state index contributed by atoms with van der Waals surface area (Å²) in [4.78, 5) is 42.8. The molecule has 0 fully saturated rings. The van der Waals surface area contributed by atoms with Crippen molar-refractivity contribution in [2.75, 3.05) is 7.11 Å². The third-order valence-corrected chi connectivity index (χ3v) is 10.3. The Hall–Kier alpha value is -3.86. The normalized spacial score (nSPS) is 21.5. The van der Waals surface area contributed by atoms with Crippen LogP contribution >= 0.6 is 34.7 Å². The highest BCUT2D eigenvalue weighted by Gasteiger charge is 2.47. The molecule has 0 spiro atoms. The van der Waals surface area contributed by atoms with Crippen molar-refractivity contribution in [3.05, 3.63) is 115 Å². The molecule has 2 N–H and O–H groups in total. The maximum atomic E-state index is 14.7. The number of nitrogens with one attached hydrogen (secondary N) is 1. The SMILES string of the molecule is COc1ccc(C2=NN(C(=O)[C@H]3[C@@H](c4ccccc4C(=O)O)c4sc(=O)[nH]c4S[C@@H]3C)C(c3ccc(Cl)cc3)C2)cc1. The van der Waals surface area contributed by atoms with E-state index in [1.165, 1.54) is 17.8 Å². The molecule has 1 amide bonds. The third kappa shape index (κ3) is 5.14. The standard InChI is InChI=1S/C31H26ClN3O5S2/c1-16-25(26(27-28(41-16)33-31(39)42-27)21-5-3-4-6-22(21)30(37)38)29(36)35-24(18-7-11-19(32)12-8-18)15-23(34-35)17-9-13-20(40-2)14-10-17/h3-14,16,24-26H,15H2,1-2H3,(H,33,39)(H,37,38)/t16-,24?,25-,26-/m1/s1. The van der Waals surface area contributed by atoms with Gasteiger partial charge in [0.15, 0.2) is 0 Å². The number of aromatic amines is 1. The number of rotatable bonds is 6. The maximum absolute atomic E-state index is 14.7. The lowest BCUT2D eigenvalue weighted by Gasteiger charge is -2.37. The number of halogens is 1. The molecule has 0 saturated heterocycles. The quantitative estimate of drug-likeness (QED) is 0.258. The van der Waals surface area contributed by atoms with Crippen LogP contribution in [0.3, 0.4) is 0 Å². The van der Waals surface area contributed by atoms with Gasteiger partial charge in [-0.25, -0.2) is 9.80 Å². The summed E-state index contributed by atoms with van der Waals surface area (Å²) in [5, 5.41) is 17.5. The third-order valence-electron chi connectivity index (χ3n) is 7.72. The van der Waals surface area contributed by atoms with Gasteiger partial charge in [0.1, 0.15) is 5.75 Å². The first kappa shape index (κ1) is 28.3. The molecule has 214 valence electrons. The number of thiazole rings is 1. The van der Waals surface area contributed by atoms with Crippen molar-refractivity contribution in [2.24, 2.45) is 11.0 Å². The minimum absolute atomic E-state index is 0.101. The molecule has 0 aliphatic carbocycles. The molecule has 1 unspecified atom stereocenters. The van der Waals surface area contributed by atoms with Crippen LogP contribution in [0.1, 0.15) is 57.2 Å². The average Bonchev–Trinajstić information content (AvgIpc) is 3.60. The fourth-order valence-electron chi connectivity index (χ4n) is 5.72. The molecule has 1 aromatic heterocycles. The van der Waals surface area contributed by atoms with E-state index >= 15 is 0 Å². The summed E-state index contributed by atoms with van der Waals surface area (Å²) in [7, 11) is 1.61. The van der Waals surface area contributed by atoms with E-state index in [4.69, 9.17) is 21.4 Å². The molecule has 0 radical (unpaired) electrons. The number of carbonyl (C=O) groups is 2. The van der Waals surface area contributed by atoms with E-state index in [0.29, 0.717) is 32.7 Å². The van der Waals surface area contributed by atoms with Gasteiger partial charge in [-0.05, 0) is 59.2 Å². The highest BCUT2D eigenvalue weighted by atomic mass is 35.5. The fraction of sp³-hybridized carbons (Fsp3) is 0.226. The smallest absolute Gasteiger partial charge is 0.335 e. The zero-order valence-corrected chi connectivity index (χ0v) is 25.0. The minimum Gasteiger partial charge on any atom is -0.497 e. The second kappa shape index (κ2) is 11.4. The Kier molecular flexibility index (Phi) is 7.69. The maximum Gasteiger partial charge on any atom is 0.335 e. The van der Waals surface area contributed by atoms with E-state index in [1.54, 1.807) is 42.5 Å². The lowest BCUT2D eigenvalue weighted by molar-refractivity contribution is -0.137. The number of amides is 1. The minimum atomic E-state index is -1.09. The van der Waals surface area contributed by atoms with Crippen LogP contribution in [0.15, 0.2) is 87.7 Å². The van der Waals surface area contributed by atoms with Gasteiger partial charge in [-0.15, -0.1) is 11.8 Å². The fourth-order valence-corrected chi connectivity index (χ4v) is 8.27. The molecule has 2 aliphatic heterocycles. The number of hydrazone groups is 1. The number of carbonyl (C=O) groups excluding carboxylic acids is 1. The number of fused-ring (bicyclic) bond motifs is 1. The Labute approximate surface area is 255 Å². The highest BCUT2D eigenvalue weighted by molar-refractivity contribution is 8.00. The molecule has 0 bridgehead atoms. The predicted molar refractivity (Wildman–Crippen MR) is 164 cm³/mol. The molecule has 4 atom stereocenters. The number of nitrogens with zero attached hydrogens (tertiary/aromatic N) is 2. The van der Waals surface area contributed by atoms with Gasteiger partial charge in [0, 0.05) is 27.5 Å². The zero-order valence-electron chi connectivity index (χ0n) is 22.6. The van der Waals surface area contributed by atoms with Crippen molar-refractivity contribution >= 4 is 52.3 Å². The number of ether oxygens (including phenoxy) is 1. The number of carboxylic acid groups (broad SMARTS) is 1. The molecule has 0 saturated carbocycles. The van der Waals surface area contributed by atoms with Gasteiger partial charge < -0.3 is 14.8 Å². The van der Waals surface area contributed by atoms with Gasteiger partial charge >= 0.3 is 10.8 Å². The van der Waals surface area contributed by atoms with Gasteiger partial charge in [0.25, 0.3) is 0 Å². The van der Waals surface area contributed by atoms with Crippen LogP contribution in [-0.4, -0.2) is 45.0 Å². The van der Waals surface area contributed by atoms with Crippen molar-refractivity contribution in [1.82, 2.24) is 9.99 Å². The Bertz CT molecular complexity index is 1750. The molecule has 11 heteroatoms. The lowest BCUT2D eigenvalue weighted by Crippen LogP contribution is -2.42. The van der Waals surface area contributed by atoms with Crippen LogP contribution in [0.25, 0.3) is 0 Å². The van der Waals surface area contributed by atoms with Crippen LogP contribution in [0, 0.1) is 5.92 Å². The van der Waals surface area contributed by atoms with Crippen molar-refractivity contribution in [3.8, 4) is 5.75 Å². The number of aromatic nitrogens is 1. The lowest BCUT2D eigenvalue weighted by atomic mass is 9.79. The zero-order chi connectivity index (χ0) is 29.5. The number of carboxylic acids is 1. The van der Waals surface area contributed by atoms with Crippen LogP contribution in [-0.2, 0) is 4.79 Å². The Morgan fingerprint density at radius 2 is 1.79 bits per heavy atom. The van der Waals surface area contributed by atoms with Crippen molar-refractivity contribution < 1.29 is 19.4 Å². The average molecular weight is 620 g/mol. The largest absolute Gasteiger partial charge is 0.497 e. The number of aromatic carboxylic acids is 1. The molecule has 42 heavy (non-hydrogen) atoms. The van der Waals surface area contributed by atoms with E-state index in [0.717, 1.165) is 28.2 Å². The van der Waals surface area contributed by atoms with E-state index < -0.39 is 23.8 Å². The second-order valence-corrected chi connectivity index (χ2v) is 13.0. The van der Waals surface area contributed by atoms with E-state index in [2.05, 4.69) is 4.98 Å². The number of hydrogen-bond donors (Lipinski definition) is 2. The summed E-state index contributed by atoms with van der Waals surface area (Å²) >= 11 is 8.63. The first-order valence-electron chi connectivity index (χ1n) is 13.3. The van der Waals surface area contributed by atoms with Crippen LogP contribution in [0.2, 0.25) is 5.02 Å². The monoisotopic (exact) mass is 619 g/mol. The first-order valence-corrected chi connectivity index (χ1v) is 15.3. The topological polar surface area (TPSA) is 112 Å². The Morgan fingerprint density at radius 1 is 1.07 bits per heavy atom. The summed E-state index contributed by atoms with van der Waals surface area (Å²) in [6.07, 6.45) is 0.479. The summed E-state index contributed by atoms with van der Waals surface area (Å²) in [6, 6.07) is 21.2. The van der Waals surface area contributed by atoms with E-state index in [-0.39, 0.29) is 21.6 Å². The van der Waals surface area contributed by atoms with Crippen LogP contribution in [0.4, 0.5) is 0 Å². The van der Waals surface area contributed by atoms with Gasteiger partial charge in [0.2, 0.25) is 5.91 Å². The number of methoxy groups -OCH3 is 1. The summed E-state index contributed by atoms with van der Waals surface area (Å²) in [5.41, 5.74) is 3.09. The molecule has 4 aromatic rings. The van der Waals surface area contributed by atoms with Crippen LogP contribution < -0.4 is 9.61 Å². The van der Waals surface area contributed by atoms with Gasteiger partial charge in [-0.1, -0.05) is 60.2 Å². The predicted octanol–water partition coefficient (Wildman–Crippen LogP) is 6.42. The molecular weight excluding hydrogens is 594 g/mol. The van der Waals surface area contributed by atoms with Gasteiger partial charge in [-0.3, -0.25) is 9.59 Å². The molecule has 8 nitrogen and oxygen atoms in total. The molecule has 2 aliphatic rings. The first-order chi connectivity index (χ1) is 20.2. The molecular formula is C31H26ClN3O5S2. The van der Waals surface area contributed by atoms with Gasteiger partial charge in [-0.2, -0.15) is 5.10 Å². The molecule has 3 heterocycles. The Balaban J connectivity index is 1.47. The van der Waals surface area contributed by atoms with E-state index in [1.807, 2.05) is 43.3 Å². The van der Waals surface area contributed by atoms with Crippen molar-refractivity contribution in [2.45, 2.75) is 35.6 Å². The second-order valence-electron chi connectivity index (χ2n) is 10.2. The molecule has 3 aromatic carbocycles. The number of benzene rings is 3. The van der Waals surface area contributed by atoms with Gasteiger partial charge in [0.05, 0.1) is 35.4 Å². The summed E-state index contributed by atoms with van der Waals surface area (Å²) in [5.74, 6) is -1.95. The highest BCUT2D eigenvalue weighted by Crippen LogP contribution is 2.51. The number of hydrogen-bond acceptors (Lipinski definition) is 7. The summed E-state index contributed by atoms with van der Waals surface area (Å²) in [6.45, 7) is 1.93. The van der Waals surface area contributed by atoms with E-state index in [9.17, 15) is 19.5 Å². The van der Waals surface area contributed by atoms with Crippen LogP contribution in [0.5, 0.6) is 5.75 Å². The molecule has 6 rings (SSSR count). The Morgan fingerprint density at radius 3 is 2.48 bits per heavy atom.